The fourth-order valence-electron chi connectivity index (χ4n) is 9.03. The van der Waals surface area contributed by atoms with E-state index in [1.165, 1.54) is 32.1 Å². The van der Waals surface area contributed by atoms with E-state index in [0.717, 1.165) is 38.5 Å². The lowest BCUT2D eigenvalue weighted by Crippen LogP contribution is -2.53. The van der Waals surface area contributed by atoms with Gasteiger partial charge in [-0.25, -0.2) is 17.1 Å². The summed E-state index contributed by atoms with van der Waals surface area (Å²) in [6.45, 7) is 4.80. The molecule has 2 heterocycles. The lowest BCUT2D eigenvalue weighted by Gasteiger charge is -2.50. The molecule has 6 nitrogen and oxygen atoms in total. The molecule has 38 heavy (non-hydrogen) atoms. The monoisotopic (exact) mass is 553 g/mol. The SMILES string of the molecule is CC1CC(NC2CCC(F)CC2)C(C=N)CC1C1(CC2CCCCC2)CCN(S(=O)(=O)C2CCOCC2)C1. The summed E-state index contributed by atoms with van der Waals surface area (Å²) in [6.07, 6.45) is 16.0. The number of nitrogens with zero attached hydrogens (tertiary/aromatic N) is 1. The third kappa shape index (κ3) is 6.33. The minimum Gasteiger partial charge on any atom is -0.381 e. The van der Waals surface area contributed by atoms with E-state index >= 15 is 0 Å². The smallest absolute Gasteiger partial charge is 0.217 e. The van der Waals surface area contributed by atoms with Crippen LogP contribution in [0.1, 0.15) is 103 Å². The normalized spacial score (nSPS) is 40.8. The topological polar surface area (TPSA) is 82.5 Å². The summed E-state index contributed by atoms with van der Waals surface area (Å²) in [5.74, 6) is 1.79. The van der Waals surface area contributed by atoms with Gasteiger partial charge in [-0.05, 0) is 93.6 Å². The van der Waals surface area contributed by atoms with E-state index in [1.54, 1.807) is 6.21 Å². The molecular formula is C30H52FN3O3S. The summed E-state index contributed by atoms with van der Waals surface area (Å²) in [5.41, 5.74) is 0.0121. The van der Waals surface area contributed by atoms with Gasteiger partial charge in [0, 0.05) is 44.3 Å². The van der Waals surface area contributed by atoms with E-state index in [9.17, 15) is 12.8 Å². The first-order chi connectivity index (χ1) is 18.3. The van der Waals surface area contributed by atoms with Crippen LogP contribution in [-0.2, 0) is 14.8 Å². The van der Waals surface area contributed by atoms with Gasteiger partial charge in [0.1, 0.15) is 6.17 Å². The summed E-state index contributed by atoms with van der Waals surface area (Å²) < 4.78 is 48.6. The maximum Gasteiger partial charge on any atom is 0.217 e. The number of sulfonamides is 1. The van der Waals surface area contributed by atoms with Gasteiger partial charge in [-0.2, -0.15) is 0 Å². The maximum absolute atomic E-state index is 13.7. The summed E-state index contributed by atoms with van der Waals surface area (Å²) >= 11 is 0. The first kappa shape index (κ1) is 28.9. The van der Waals surface area contributed by atoms with Crippen molar-refractivity contribution in [3.05, 3.63) is 0 Å². The molecule has 0 aromatic rings. The van der Waals surface area contributed by atoms with Crippen LogP contribution in [0.4, 0.5) is 4.39 Å². The van der Waals surface area contributed by atoms with E-state index in [1.807, 2.05) is 4.31 Å². The standard InChI is InChI=1S/C30H52FN3O3S/c1-22-17-29(33-26-9-7-25(31)8-10-26)24(20-32)18-28(22)30(19-23-5-3-2-4-6-23)13-14-34(21-30)38(35,36)27-11-15-37-16-12-27/h20,22-29,32-33H,2-19,21H2,1H3. The fraction of sp³-hybridized carbons (Fsp3) is 0.967. The molecule has 5 atom stereocenters. The molecule has 3 aliphatic carbocycles. The van der Waals surface area contributed by atoms with Crippen LogP contribution in [0, 0.1) is 34.5 Å². The summed E-state index contributed by atoms with van der Waals surface area (Å²) in [6, 6.07) is 0.635. The van der Waals surface area contributed by atoms with Crippen molar-refractivity contribution in [3.63, 3.8) is 0 Å². The van der Waals surface area contributed by atoms with Gasteiger partial charge in [-0.15, -0.1) is 0 Å². The van der Waals surface area contributed by atoms with Crippen LogP contribution in [-0.4, -0.2) is 68.7 Å². The van der Waals surface area contributed by atoms with Gasteiger partial charge < -0.3 is 15.5 Å². The van der Waals surface area contributed by atoms with E-state index in [2.05, 4.69) is 12.2 Å². The van der Waals surface area contributed by atoms with Gasteiger partial charge >= 0.3 is 0 Å². The molecule has 2 N–H and O–H groups in total. The molecule has 0 radical (unpaired) electrons. The number of alkyl halides is 1. The highest BCUT2D eigenvalue weighted by Crippen LogP contribution is 2.54. The minimum atomic E-state index is -3.32. The number of nitrogens with one attached hydrogen (secondary N) is 2. The quantitative estimate of drug-likeness (QED) is 0.377. The molecule has 5 rings (SSSR count). The highest BCUT2D eigenvalue weighted by molar-refractivity contribution is 7.89. The average molecular weight is 554 g/mol. The molecular weight excluding hydrogens is 501 g/mol. The lowest BCUT2D eigenvalue weighted by molar-refractivity contribution is 0.0263. The van der Waals surface area contributed by atoms with Crippen molar-refractivity contribution in [3.8, 4) is 0 Å². The number of halogens is 1. The van der Waals surface area contributed by atoms with Crippen LogP contribution in [0.15, 0.2) is 0 Å². The Balaban J connectivity index is 1.33. The Labute approximate surface area is 230 Å². The Hall–Kier alpha value is -0.570. The van der Waals surface area contributed by atoms with Crippen LogP contribution in [0.3, 0.4) is 0 Å². The molecule has 2 saturated heterocycles. The molecule has 2 aliphatic heterocycles. The molecule has 5 aliphatic rings. The molecule has 0 aromatic heterocycles. The molecule has 0 spiro atoms. The molecule has 218 valence electrons. The summed E-state index contributed by atoms with van der Waals surface area (Å²) in [7, 11) is -3.32. The highest BCUT2D eigenvalue weighted by atomic mass is 32.2. The Kier molecular flexibility index (Phi) is 9.54. The number of rotatable bonds is 8. The van der Waals surface area contributed by atoms with Gasteiger partial charge in [-0.3, -0.25) is 0 Å². The lowest BCUT2D eigenvalue weighted by atomic mass is 9.57. The van der Waals surface area contributed by atoms with Crippen LogP contribution in [0.25, 0.3) is 0 Å². The molecule has 8 heteroatoms. The number of ether oxygens (including phenoxy) is 1. The van der Waals surface area contributed by atoms with E-state index < -0.39 is 16.2 Å². The van der Waals surface area contributed by atoms with Crippen LogP contribution >= 0.6 is 0 Å². The molecule has 0 amide bonds. The van der Waals surface area contributed by atoms with Crippen molar-refractivity contribution < 1.29 is 17.5 Å². The van der Waals surface area contributed by atoms with E-state index in [0.29, 0.717) is 75.8 Å². The molecule has 3 saturated carbocycles. The highest BCUT2D eigenvalue weighted by Gasteiger charge is 2.53. The summed E-state index contributed by atoms with van der Waals surface area (Å²) in [4.78, 5) is 0. The fourth-order valence-corrected chi connectivity index (χ4v) is 11.0. The van der Waals surface area contributed by atoms with Gasteiger partial charge in [0.2, 0.25) is 10.0 Å². The van der Waals surface area contributed by atoms with Crippen molar-refractivity contribution in [2.75, 3.05) is 26.3 Å². The van der Waals surface area contributed by atoms with Crippen molar-refractivity contribution in [1.29, 1.82) is 5.41 Å². The zero-order valence-electron chi connectivity index (χ0n) is 23.6. The Bertz CT molecular complexity index is 883. The second-order valence-corrected chi connectivity index (χ2v) is 15.8. The zero-order valence-corrected chi connectivity index (χ0v) is 24.4. The minimum absolute atomic E-state index is 0.0121. The second kappa shape index (κ2) is 12.5. The van der Waals surface area contributed by atoms with Crippen molar-refractivity contribution in [2.24, 2.45) is 29.1 Å². The zero-order chi connectivity index (χ0) is 26.8. The Morgan fingerprint density at radius 2 is 1.74 bits per heavy atom. The van der Waals surface area contributed by atoms with Gasteiger partial charge in [-0.1, -0.05) is 39.0 Å². The maximum atomic E-state index is 13.7. The van der Waals surface area contributed by atoms with E-state index in [4.69, 9.17) is 10.1 Å². The Morgan fingerprint density at radius 1 is 1.03 bits per heavy atom. The van der Waals surface area contributed by atoms with Gasteiger partial charge in [0.25, 0.3) is 0 Å². The first-order valence-electron chi connectivity index (χ1n) is 15.8. The predicted molar refractivity (Wildman–Crippen MR) is 151 cm³/mol. The van der Waals surface area contributed by atoms with E-state index in [-0.39, 0.29) is 22.6 Å². The number of hydrogen-bond donors (Lipinski definition) is 2. The van der Waals surface area contributed by atoms with Crippen LogP contribution < -0.4 is 5.32 Å². The average Bonchev–Trinajstić information content (AvgIpc) is 3.37. The van der Waals surface area contributed by atoms with Crippen LogP contribution in [0.5, 0.6) is 0 Å². The predicted octanol–water partition coefficient (Wildman–Crippen LogP) is 5.71. The largest absolute Gasteiger partial charge is 0.381 e. The molecule has 5 fully saturated rings. The van der Waals surface area contributed by atoms with Crippen molar-refractivity contribution in [2.45, 2.75) is 127 Å². The second-order valence-electron chi connectivity index (χ2n) is 13.6. The third-order valence-electron chi connectivity index (χ3n) is 11.2. The van der Waals surface area contributed by atoms with Crippen LogP contribution in [0.2, 0.25) is 0 Å². The third-order valence-corrected chi connectivity index (χ3v) is 13.5. The van der Waals surface area contributed by atoms with Gasteiger partial charge in [0.05, 0.1) is 5.25 Å². The number of hydrogen-bond acceptors (Lipinski definition) is 5. The van der Waals surface area contributed by atoms with Crippen molar-refractivity contribution >= 4 is 16.2 Å². The van der Waals surface area contributed by atoms with Gasteiger partial charge in [0.15, 0.2) is 0 Å². The molecule has 5 unspecified atom stereocenters. The first-order valence-corrected chi connectivity index (χ1v) is 17.3. The van der Waals surface area contributed by atoms with Crippen molar-refractivity contribution in [1.82, 2.24) is 9.62 Å². The molecule has 0 bridgehead atoms. The summed E-state index contributed by atoms with van der Waals surface area (Å²) in [5, 5.41) is 11.9. The molecule has 0 aromatic carbocycles. The Morgan fingerprint density at radius 3 is 2.42 bits per heavy atom.